The van der Waals surface area contributed by atoms with Gasteiger partial charge in [0.2, 0.25) is 0 Å². The third kappa shape index (κ3) is 2.75. The van der Waals surface area contributed by atoms with Crippen LogP contribution >= 0.6 is 11.6 Å². The largest absolute Gasteiger partial charge is 0.364 e. The molecule has 1 saturated heterocycles. The molecule has 17 heavy (non-hydrogen) atoms. The topological polar surface area (TPSA) is 15.3 Å². The molecule has 94 valence electrons. The summed E-state index contributed by atoms with van der Waals surface area (Å²) in [6, 6.07) is 8.66. The van der Waals surface area contributed by atoms with E-state index in [4.69, 9.17) is 11.6 Å². The van der Waals surface area contributed by atoms with Gasteiger partial charge in [0.15, 0.2) is 0 Å². The first kappa shape index (κ1) is 12.7. The third-order valence-corrected chi connectivity index (χ3v) is 3.78. The van der Waals surface area contributed by atoms with Gasteiger partial charge in [-0.1, -0.05) is 30.7 Å². The number of rotatable bonds is 2. The second-order valence-electron chi connectivity index (χ2n) is 5.41. The van der Waals surface area contributed by atoms with Crippen molar-refractivity contribution >= 4 is 17.3 Å². The number of para-hydroxylation sites is 1. The number of halogens is 1. The highest BCUT2D eigenvalue weighted by atomic mass is 35.5. The molecular weight excluding hydrogens is 232 g/mol. The molecule has 2 nitrogen and oxygen atoms in total. The van der Waals surface area contributed by atoms with Crippen molar-refractivity contribution < 1.29 is 0 Å². The molecule has 0 spiro atoms. The molecule has 1 aromatic carbocycles. The molecule has 3 heteroatoms. The minimum absolute atomic E-state index is 0.144. The highest BCUT2D eigenvalue weighted by molar-refractivity contribution is 6.33. The minimum atomic E-state index is 0.144. The van der Waals surface area contributed by atoms with Gasteiger partial charge in [0, 0.05) is 24.7 Å². The molecule has 0 saturated carbocycles. The lowest BCUT2D eigenvalue weighted by molar-refractivity contribution is 0.306. The second kappa shape index (κ2) is 4.87. The third-order valence-electron chi connectivity index (χ3n) is 3.46. The van der Waals surface area contributed by atoms with Crippen LogP contribution in [0.2, 0.25) is 5.02 Å². The van der Waals surface area contributed by atoms with Gasteiger partial charge in [0.25, 0.3) is 0 Å². The van der Waals surface area contributed by atoms with Crippen LogP contribution in [-0.2, 0) is 0 Å². The summed E-state index contributed by atoms with van der Waals surface area (Å²) >= 11 is 6.31. The lowest BCUT2D eigenvalue weighted by atomic mass is 9.97. The predicted molar refractivity (Wildman–Crippen MR) is 75.0 cm³/mol. The van der Waals surface area contributed by atoms with E-state index in [0.717, 1.165) is 30.2 Å². The Morgan fingerprint density at radius 3 is 2.76 bits per heavy atom. The standard InChI is InChI=1S/C14H21ClN2/c1-4-11-9-16-14(2,3)10-17(11)13-8-6-5-7-12(13)15/h5-8,11,16H,4,9-10H2,1-3H3. The normalized spacial score (nSPS) is 23.8. The molecule has 1 aromatic rings. The zero-order valence-corrected chi connectivity index (χ0v) is 11.6. The van der Waals surface area contributed by atoms with Gasteiger partial charge in [-0.3, -0.25) is 0 Å². The van der Waals surface area contributed by atoms with Crippen LogP contribution < -0.4 is 10.2 Å². The van der Waals surface area contributed by atoms with Crippen LogP contribution in [0.25, 0.3) is 0 Å². The van der Waals surface area contributed by atoms with Crippen LogP contribution in [-0.4, -0.2) is 24.7 Å². The van der Waals surface area contributed by atoms with E-state index in [-0.39, 0.29) is 5.54 Å². The number of nitrogens with zero attached hydrogens (tertiary/aromatic N) is 1. The van der Waals surface area contributed by atoms with Crippen LogP contribution in [0.3, 0.4) is 0 Å². The summed E-state index contributed by atoms with van der Waals surface area (Å²) in [7, 11) is 0. The van der Waals surface area contributed by atoms with Gasteiger partial charge in [-0.15, -0.1) is 0 Å². The monoisotopic (exact) mass is 252 g/mol. The summed E-state index contributed by atoms with van der Waals surface area (Å²) in [5, 5.41) is 4.44. The maximum atomic E-state index is 6.31. The summed E-state index contributed by atoms with van der Waals surface area (Å²) in [6.07, 6.45) is 1.13. The van der Waals surface area contributed by atoms with Crippen LogP contribution in [0, 0.1) is 0 Å². The van der Waals surface area contributed by atoms with Gasteiger partial charge >= 0.3 is 0 Å². The highest BCUT2D eigenvalue weighted by Crippen LogP contribution is 2.30. The summed E-state index contributed by atoms with van der Waals surface area (Å²) in [4.78, 5) is 2.44. The molecule has 0 aliphatic carbocycles. The van der Waals surface area contributed by atoms with Crippen molar-refractivity contribution in [2.45, 2.75) is 38.8 Å². The molecular formula is C14H21ClN2. The molecule has 1 heterocycles. The molecule has 1 N–H and O–H groups in total. The van der Waals surface area contributed by atoms with Gasteiger partial charge in [-0.2, -0.15) is 0 Å². The van der Waals surface area contributed by atoms with Gasteiger partial charge in [0.05, 0.1) is 10.7 Å². The molecule has 0 bridgehead atoms. The molecule has 0 aromatic heterocycles. The summed E-state index contributed by atoms with van der Waals surface area (Å²) in [5.74, 6) is 0. The van der Waals surface area contributed by atoms with Gasteiger partial charge in [0.1, 0.15) is 0 Å². The summed E-state index contributed by atoms with van der Waals surface area (Å²) < 4.78 is 0. The average molecular weight is 253 g/mol. The number of hydrogen-bond acceptors (Lipinski definition) is 2. The molecule has 0 radical (unpaired) electrons. The lowest BCUT2D eigenvalue weighted by Gasteiger charge is -2.46. The molecule has 1 fully saturated rings. The second-order valence-corrected chi connectivity index (χ2v) is 5.81. The fourth-order valence-electron chi connectivity index (χ4n) is 2.45. The summed E-state index contributed by atoms with van der Waals surface area (Å²) in [5.41, 5.74) is 1.31. The van der Waals surface area contributed by atoms with Crippen LogP contribution in [0.1, 0.15) is 27.2 Å². The zero-order chi connectivity index (χ0) is 12.5. The number of anilines is 1. The van der Waals surface area contributed by atoms with Crippen molar-refractivity contribution in [2.75, 3.05) is 18.0 Å². The SMILES string of the molecule is CCC1CNC(C)(C)CN1c1ccccc1Cl. The Kier molecular flexibility index (Phi) is 3.64. The zero-order valence-electron chi connectivity index (χ0n) is 10.8. The lowest BCUT2D eigenvalue weighted by Crippen LogP contribution is -2.61. The van der Waals surface area contributed by atoms with Gasteiger partial charge in [-0.25, -0.2) is 0 Å². The Hall–Kier alpha value is -0.730. The number of piperazine rings is 1. The van der Waals surface area contributed by atoms with E-state index in [1.807, 2.05) is 12.1 Å². The first-order valence-electron chi connectivity index (χ1n) is 6.30. The molecule has 1 aliphatic heterocycles. The Morgan fingerprint density at radius 2 is 2.12 bits per heavy atom. The fourth-order valence-corrected chi connectivity index (χ4v) is 2.69. The maximum Gasteiger partial charge on any atom is 0.0639 e. The Morgan fingerprint density at radius 1 is 1.41 bits per heavy atom. The molecule has 1 aliphatic rings. The van der Waals surface area contributed by atoms with E-state index in [1.165, 1.54) is 0 Å². The number of benzene rings is 1. The van der Waals surface area contributed by atoms with E-state index in [1.54, 1.807) is 0 Å². The molecule has 1 atom stereocenters. The molecule has 2 rings (SSSR count). The Bertz CT molecular complexity index is 390. The maximum absolute atomic E-state index is 6.31. The van der Waals surface area contributed by atoms with E-state index in [9.17, 15) is 0 Å². The highest BCUT2D eigenvalue weighted by Gasteiger charge is 2.32. The first-order valence-corrected chi connectivity index (χ1v) is 6.67. The van der Waals surface area contributed by atoms with Crippen LogP contribution in [0.5, 0.6) is 0 Å². The average Bonchev–Trinajstić information content (AvgIpc) is 2.28. The van der Waals surface area contributed by atoms with E-state index in [0.29, 0.717) is 6.04 Å². The fraction of sp³-hybridized carbons (Fsp3) is 0.571. The Labute approximate surface area is 109 Å². The van der Waals surface area contributed by atoms with Crippen LogP contribution in [0.4, 0.5) is 5.69 Å². The number of nitrogens with one attached hydrogen (secondary N) is 1. The van der Waals surface area contributed by atoms with E-state index < -0.39 is 0 Å². The van der Waals surface area contributed by atoms with E-state index >= 15 is 0 Å². The Balaban J connectivity index is 2.30. The minimum Gasteiger partial charge on any atom is -0.364 e. The molecule has 0 amide bonds. The van der Waals surface area contributed by atoms with E-state index in [2.05, 4.69) is 43.1 Å². The smallest absolute Gasteiger partial charge is 0.0639 e. The predicted octanol–water partition coefficient (Wildman–Crippen LogP) is 3.31. The van der Waals surface area contributed by atoms with Crippen molar-refractivity contribution in [3.63, 3.8) is 0 Å². The van der Waals surface area contributed by atoms with Crippen molar-refractivity contribution in [1.29, 1.82) is 0 Å². The quantitative estimate of drug-likeness (QED) is 0.869. The first-order chi connectivity index (χ1) is 8.03. The van der Waals surface area contributed by atoms with Crippen molar-refractivity contribution in [3.05, 3.63) is 29.3 Å². The van der Waals surface area contributed by atoms with Gasteiger partial charge in [-0.05, 0) is 32.4 Å². The van der Waals surface area contributed by atoms with Crippen molar-refractivity contribution in [2.24, 2.45) is 0 Å². The van der Waals surface area contributed by atoms with Crippen LogP contribution in [0.15, 0.2) is 24.3 Å². The number of hydrogen-bond donors (Lipinski definition) is 1. The van der Waals surface area contributed by atoms with Gasteiger partial charge < -0.3 is 10.2 Å². The molecule has 1 unspecified atom stereocenters. The van der Waals surface area contributed by atoms with Crippen molar-refractivity contribution in [3.8, 4) is 0 Å². The summed E-state index contributed by atoms with van der Waals surface area (Å²) in [6.45, 7) is 8.73. The van der Waals surface area contributed by atoms with Crippen molar-refractivity contribution in [1.82, 2.24) is 5.32 Å².